The van der Waals surface area contributed by atoms with Gasteiger partial charge in [-0.1, -0.05) is 12.1 Å². The van der Waals surface area contributed by atoms with Gasteiger partial charge in [-0.15, -0.1) is 0 Å². The minimum absolute atomic E-state index is 0.190. The Kier molecular flexibility index (Phi) is 9.48. The average Bonchev–Trinajstić information content (AvgIpc) is 2.69. The van der Waals surface area contributed by atoms with Gasteiger partial charge in [-0.05, 0) is 54.5 Å². The fourth-order valence-corrected chi connectivity index (χ4v) is 3.18. The maximum Gasteiger partial charge on any atom is 0.191 e. The molecule has 0 aliphatic heterocycles. The summed E-state index contributed by atoms with van der Waals surface area (Å²) in [6.45, 7) is 2.35. The molecule has 0 radical (unpaired) electrons. The van der Waals surface area contributed by atoms with Crippen molar-refractivity contribution in [1.29, 1.82) is 0 Å². The highest BCUT2D eigenvalue weighted by Gasteiger charge is 2.05. The number of thioether (sulfide) groups is 1. The number of halogens is 1. The van der Waals surface area contributed by atoms with Crippen LogP contribution in [0.15, 0.2) is 47.6 Å². The molecule has 0 aliphatic carbocycles. The molecule has 5 nitrogen and oxygen atoms in total. The summed E-state index contributed by atoms with van der Waals surface area (Å²) in [7, 11) is 1.76. The molecule has 0 unspecified atom stereocenters. The van der Waals surface area contributed by atoms with E-state index < -0.39 is 0 Å². The number of aromatic nitrogens is 1. The molecule has 2 aromatic rings. The van der Waals surface area contributed by atoms with Gasteiger partial charge in [-0.25, -0.2) is 9.37 Å². The largest absolute Gasteiger partial charge is 0.370 e. The third kappa shape index (κ3) is 7.86. The number of pyridine rings is 1. The molecule has 0 saturated carbocycles. The highest BCUT2D eigenvalue weighted by atomic mass is 32.2. The second-order valence-electron chi connectivity index (χ2n) is 6.05. The Morgan fingerprint density at radius 2 is 1.96 bits per heavy atom. The summed E-state index contributed by atoms with van der Waals surface area (Å²) in [5, 5.41) is 9.92. The van der Waals surface area contributed by atoms with Crippen molar-refractivity contribution in [1.82, 2.24) is 15.6 Å². The summed E-state index contributed by atoms with van der Waals surface area (Å²) in [4.78, 5) is 8.49. The SMILES string of the molecule is CN=C(NCCCCNc1ccccn1)NCc1ccc(F)cc1CSC. The van der Waals surface area contributed by atoms with E-state index >= 15 is 0 Å². The van der Waals surface area contributed by atoms with Gasteiger partial charge in [0.15, 0.2) is 5.96 Å². The Hall–Kier alpha value is -2.28. The van der Waals surface area contributed by atoms with Gasteiger partial charge in [0.25, 0.3) is 0 Å². The number of anilines is 1. The number of hydrogen-bond donors (Lipinski definition) is 3. The molecule has 0 saturated heterocycles. The first-order chi connectivity index (χ1) is 13.2. The number of rotatable bonds is 10. The van der Waals surface area contributed by atoms with Crippen LogP contribution in [0.1, 0.15) is 24.0 Å². The van der Waals surface area contributed by atoms with Crippen LogP contribution in [0.5, 0.6) is 0 Å². The standard InChI is InChI=1S/C20H28FN5S/c1-22-20(25-12-6-5-11-24-19-7-3-4-10-23-19)26-14-16-8-9-18(21)13-17(16)15-27-2/h3-4,7-10,13H,5-6,11-12,14-15H2,1-2H3,(H,23,24)(H2,22,25,26). The maximum atomic E-state index is 13.4. The predicted molar refractivity (Wildman–Crippen MR) is 114 cm³/mol. The molecule has 0 atom stereocenters. The first-order valence-electron chi connectivity index (χ1n) is 9.08. The number of guanidine groups is 1. The van der Waals surface area contributed by atoms with Gasteiger partial charge >= 0.3 is 0 Å². The van der Waals surface area contributed by atoms with Crippen molar-refractivity contribution in [3.63, 3.8) is 0 Å². The van der Waals surface area contributed by atoms with E-state index in [4.69, 9.17) is 0 Å². The van der Waals surface area contributed by atoms with E-state index in [1.807, 2.05) is 30.5 Å². The Balaban J connectivity index is 1.67. The molecule has 1 heterocycles. The number of hydrogen-bond acceptors (Lipinski definition) is 4. The molecule has 7 heteroatoms. The highest BCUT2D eigenvalue weighted by molar-refractivity contribution is 7.97. The van der Waals surface area contributed by atoms with Crippen molar-refractivity contribution in [2.75, 3.05) is 31.7 Å². The molecule has 1 aromatic heterocycles. The number of aliphatic imine (C=N–C) groups is 1. The van der Waals surface area contributed by atoms with Crippen LogP contribution in [0.4, 0.5) is 10.2 Å². The molecule has 0 aliphatic rings. The molecular weight excluding hydrogens is 361 g/mol. The quantitative estimate of drug-likeness (QED) is 0.329. The Labute approximate surface area is 165 Å². The van der Waals surface area contributed by atoms with Crippen LogP contribution in [0.3, 0.4) is 0 Å². The van der Waals surface area contributed by atoms with Crippen molar-refractivity contribution >= 4 is 23.5 Å². The summed E-state index contributed by atoms with van der Waals surface area (Å²) >= 11 is 1.69. The lowest BCUT2D eigenvalue weighted by Crippen LogP contribution is -2.37. The van der Waals surface area contributed by atoms with Gasteiger partial charge in [0.2, 0.25) is 0 Å². The monoisotopic (exact) mass is 389 g/mol. The van der Waals surface area contributed by atoms with E-state index in [1.54, 1.807) is 31.1 Å². The lowest BCUT2D eigenvalue weighted by Gasteiger charge is -2.14. The highest BCUT2D eigenvalue weighted by Crippen LogP contribution is 2.16. The third-order valence-corrected chi connectivity index (χ3v) is 4.60. The molecule has 27 heavy (non-hydrogen) atoms. The van der Waals surface area contributed by atoms with Gasteiger partial charge in [-0.3, -0.25) is 4.99 Å². The maximum absolute atomic E-state index is 13.4. The van der Waals surface area contributed by atoms with Gasteiger partial charge < -0.3 is 16.0 Å². The molecular formula is C20H28FN5S. The smallest absolute Gasteiger partial charge is 0.191 e. The Bertz CT molecular complexity index is 709. The van der Waals surface area contributed by atoms with Gasteiger partial charge in [0.1, 0.15) is 11.6 Å². The number of nitrogens with zero attached hydrogens (tertiary/aromatic N) is 2. The van der Waals surface area contributed by atoms with E-state index in [2.05, 4.69) is 25.9 Å². The summed E-state index contributed by atoms with van der Waals surface area (Å²) in [5.74, 6) is 2.27. The van der Waals surface area contributed by atoms with Crippen LogP contribution in [0.2, 0.25) is 0 Å². The van der Waals surface area contributed by atoms with Crippen molar-refractivity contribution in [3.8, 4) is 0 Å². The van der Waals surface area contributed by atoms with Crippen LogP contribution in [-0.2, 0) is 12.3 Å². The van der Waals surface area contributed by atoms with Crippen molar-refractivity contribution in [2.45, 2.75) is 25.1 Å². The minimum atomic E-state index is -0.190. The zero-order valence-electron chi connectivity index (χ0n) is 16.0. The normalized spacial score (nSPS) is 11.3. The number of benzene rings is 1. The van der Waals surface area contributed by atoms with Crippen LogP contribution < -0.4 is 16.0 Å². The van der Waals surface area contributed by atoms with Gasteiger partial charge in [-0.2, -0.15) is 11.8 Å². The van der Waals surface area contributed by atoms with Crippen LogP contribution in [0, 0.1) is 5.82 Å². The van der Waals surface area contributed by atoms with E-state index in [0.717, 1.165) is 54.6 Å². The Morgan fingerprint density at radius 3 is 2.70 bits per heavy atom. The molecule has 0 spiro atoms. The van der Waals surface area contributed by atoms with Crippen molar-refractivity contribution < 1.29 is 4.39 Å². The second-order valence-corrected chi connectivity index (χ2v) is 6.91. The Morgan fingerprint density at radius 1 is 1.11 bits per heavy atom. The first-order valence-corrected chi connectivity index (χ1v) is 10.5. The summed E-state index contributed by atoms with van der Waals surface area (Å²) < 4.78 is 13.4. The van der Waals surface area contributed by atoms with Gasteiger partial charge in [0, 0.05) is 38.6 Å². The average molecular weight is 390 g/mol. The molecule has 3 N–H and O–H groups in total. The molecule has 0 bridgehead atoms. The van der Waals surface area contributed by atoms with E-state index in [-0.39, 0.29) is 5.82 Å². The second kappa shape index (κ2) is 12.2. The number of nitrogens with one attached hydrogen (secondary N) is 3. The summed E-state index contributed by atoms with van der Waals surface area (Å²) in [6, 6.07) is 10.8. The van der Waals surface area contributed by atoms with Crippen molar-refractivity contribution in [3.05, 3.63) is 59.5 Å². The topological polar surface area (TPSA) is 61.3 Å². The van der Waals surface area contributed by atoms with E-state index in [9.17, 15) is 4.39 Å². The number of unbranched alkanes of at least 4 members (excludes halogenated alkanes) is 1. The van der Waals surface area contributed by atoms with Gasteiger partial charge in [0.05, 0.1) is 0 Å². The van der Waals surface area contributed by atoms with E-state index in [0.29, 0.717) is 6.54 Å². The zero-order valence-corrected chi connectivity index (χ0v) is 16.8. The van der Waals surface area contributed by atoms with Crippen LogP contribution >= 0.6 is 11.8 Å². The fraction of sp³-hybridized carbons (Fsp3) is 0.400. The minimum Gasteiger partial charge on any atom is -0.370 e. The fourth-order valence-electron chi connectivity index (χ4n) is 2.60. The summed E-state index contributed by atoms with van der Waals surface area (Å²) in [6.07, 6.45) is 5.86. The lowest BCUT2D eigenvalue weighted by atomic mass is 10.1. The van der Waals surface area contributed by atoms with E-state index in [1.165, 1.54) is 6.07 Å². The third-order valence-electron chi connectivity index (χ3n) is 4.01. The van der Waals surface area contributed by atoms with Crippen LogP contribution in [0.25, 0.3) is 0 Å². The first kappa shape index (κ1) is 21.0. The molecule has 2 rings (SSSR count). The lowest BCUT2D eigenvalue weighted by molar-refractivity contribution is 0.625. The molecule has 0 amide bonds. The predicted octanol–water partition coefficient (Wildman–Crippen LogP) is 3.64. The molecule has 1 aromatic carbocycles. The molecule has 0 fully saturated rings. The zero-order chi connectivity index (χ0) is 19.3. The van der Waals surface area contributed by atoms with Crippen molar-refractivity contribution in [2.24, 2.45) is 4.99 Å². The summed E-state index contributed by atoms with van der Waals surface area (Å²) in [5.41, 5.74) is 2.11. The van der Waals surface area contributed by atoms with Crippen LogP contribution in [-0.4, -0.2) is 37.3 Å². The molecule has 146 valence electrons.